The summed E-state index contributed by atoms with van der Waals surface area (Å²) in [5, 5.41) is 13.7. The lowest BCUT2D eigenvalue weighted by atomic mass is 9.85. The summed E-state index contributed by atoms with van der Waals surface area (Å²) in [4.78, 5) is 12.9. The molecule has 1 aliphatic carbocycles. The van der Waals surface area contributed by atoms with Crippen LogP contribution in [0, 0.1) is 5.92 Å². The molecule has 0 aromatic heterocycles. The van der Waals surface area contributed by atoms with Gasteiger partial charge in [-0.3, -0.25) is 4.79 Å². The number of amides is 1. The quantitative estimate of drug-likeness (QED) is 0.521. The summed E-state index contributed by atoms with van der Waals surface area (Å²) in [6.07, 6.45) is 0.765. The molecule has 1 aliphatic rings. The average Bonchev–Trinajstić information content (AvgIpc) is 3.51. The van der Waals surface area contributed by atoms with E-state index in [1.807, 2.05) is 43.3 Å². The number of carbonyl (C=O) groups is 1. The lowest BCUT2D eigenvalue weighted by Gasteiger charge is -2.18. The van der Waals surface area contributed by atoms with E-state index >= 15 is 0 Å². The minimum absolute atomic E-state index is 0.0779. The molecule has 0 unspecified atom stereocenters. The van der Waals surface area contributed by atoms with Crippen LogP contribution in [-0.4, -0.2) is 16.7 Å². The molecule has 2 N–H and O–H groups in total. The van der Waals surface area contributed by atoms with Crippen LogP contribution in [-0.2, 0) is 10.2 Å². The maximum atomic E-state index is 12.9. The first kappa shape index (κ1) is 18.0. The first-order chi connectivity index (χ1) is 13.6. The lowest BCUT2D eigenvalue weighted by Crippen LogP contribution is -2.26. The van der Waals surface area contributed by atoms with Crippen LogP contribution in [0.5, 0.6) is 5.75 Å². The molecule has 4 rings (SSSR count). The van der Waals surface area contributed by atoms with Crippen molar-refractivity contribution in [1.29, 1.82) is 0 Å². The molecule has 3 aromatic carbocycles. The predicted octanol–water partition coefficient (Wildman–Crippen LogP) is 4.24. The van der Waals surface area contributed by atoms with E-state index in [0.717, 1.165) is 23.1 Å². The number of aromatic hydroxyl groups is 1. The summed E-state index contributed by atoms with van der Waals surface area (Å²) in [6.45, 7) is 1.83. The fourth-order valence-electron chi connectivity index (χ4n) is 3.84. The summed E-state index contributed by atoms with van der Waals surface area (Å²) in [5.41, 5.74) is 6.29. The third-order valence-electron chi connectivity index (χ3n) is 5.47. The number of hydrogen-bond acceptors (Lipinski definition) is 3. The van der Waals surface area contributed by atoms with E-state index in [1.165, 1.54) is 0 Å². The number of phenolic OH excluding ortho intramolecular Hbond substituents is 1. The first-order valence-electron chi connectivity index (χ1n) is 9.36. The second kappa shape index (κ2) is 7.31. The van der Waals surface area contributed by atoms with Gasteiger partial charge in [0.1, 0.15) is 5.75 Å². The number of phenols is 1. The first-order valence-corrected chi connectivity index (χ1v) is 9.36. The zero-order valence-electron chi connectivity index (χ0n) is 15.7. The Hall–Kier alpha value is -3.40. The normalized spacial score (nSPS) is 17.8. The number of benzene rings is 3. The summed E-state index contributed by atoms with van der Waals surface area (Å²) >= 11 is 0. The van der Waals surface area contributed by atoms with E-state index in [0.29, 0.717) is 5.71 Å². The molecule has 0 heterocycles. The molecule has 4 heteroatoms. The maximum absolute atomic E-state index is 12.9. The van der Waals surface area contributed by atoms with Gasteiger partial charge in [-0.2, -0.15) is 5.10 Å². The third-order valence-corrected chi connectivity index (χ3v) is 5.47. The van der Waals surface area contributed by atoms with Crippen molar-refractivity contribution in [2.24, 2.45) is 11.0 Å². The van der Waals surface area contributed by atoms with Gasteiger partial charge in [-0.1, -0.05) is 60.7 Å². The van der Waals surface area contributed by atoms with Gasteiger partial charge in [-0.25, -0.2) is 5.43 Å². The van der Waals surface area contributed by atoms with E-state index in [9.17, 15) is 9.90 Å². The number of nitrogens with zero attached hydrogens (tertiary/aromatic N) is 1. The van der Waals surface area contributed by atoms with Gasteiger partial charge < -0.3 is 5.11 Å². The summed E-state index contributed by atoms with van der Waals surface area (Å²) in [7, 11) is 0. The Kier molecular flexibility index (Phi) is 4.70. The molecule has 1 fully saturated rings. The van der Waals surface area contributed by atoms with Crippen LogP contribution in [0.15, 0.2) is 90.0 Å². The topological polar surface area (TPSA) is 61.7 Å². The Balaban J connectivity index is 1.56. The van der Waals surface area contributed by atoms with Gasteiger partial charge in [0.15, 0.2) is 0 Å². The van der Waals surface area contributed by atoms with E-state index in [4.69, 9.17) is 0 Å². The van der Waals surface area contributed by atoms with Crippen molar-refractivity contribution in [3.63, 3.8) is 0 Å². The molecule has 0 bridgehead atoms. The molecular formula is C24H22N2O2. The summed E-state index contributed by atoms with van der Waals surface area (Å²) < 4.78 is 0. The zero-order valence-corrected chi connectivity index (χ0v) is 15.7. The Morgan fingerprint density at radius 1 is 0.929 bits per heavy atom. The standard InChI is InChI=1S/C24H22N2O2/c1-17(18-12-14-21(27)15-13-18)25-26-23(28)22-16-24(22,19-8-4-2-5-9-19)20-10-6-3-7-11-20/h2-15,22,27H,16H2,1H3,(H,26,28)/b25-17+/t22-/m0/s1. The van der Waals surface area contributed by atoms with E-state index in [2.05, 4.69) is 34.8 Å². The van der Waals surface area contributed by atoms with E-state index in [1.54, 1.807) is 24.3 Å². The van der Waals surface area contributed by atoms with Crippen LogP contribution in [0.3, 0.4) is 0 Å². The SMILES string of the molecule is C/C(=N\NC(=O)[C@@H]1CC1(c1ccccc1)c1ccccc1)c1ccc(O)cc1. The summed E-state index contributed by atoms with van der Waals surface area (Å²) in [6, 6.07) is 27.1. The monoisotopic (exact) mass is 370 g/mol. The van der Waals surface area contributed by atoms with Crippen molar-refractivity contribution in [3.05, 3.63) is 102 Å². The van der Waals surface area contributed by atoms with Gasteiger partial charge >= 0.3 is 0 Å². The van der Waals surface area contributed by atoms with Crippen molar-refractivity contribution in [2.45, 2.75) is 18.8 Å². The summed E-state index contributed by atoms with van der Waals surface area (Å²) in [5.74, 6) is -0.0337. The molecule has 4 nitrogen and oxygen atoms in total. The molecular weight excluding hydrogens is 348 g/mol. The Morgan fingerprint density at radius 2 is 1.46 bits per heavy atom. The highest BCUT2D eigenvalue weighted by Gasteiger charge is 2.60. The van der Waals surface area contributed by atoms with Crippen LogP contribution in [0.4, 0.5) is 0 Å². The van der Waals surface area contributed by atoms with Gasteiger partial charge in [-0.05, 0) is 54.3 Å². The van der Waals surface area contributed by atoms with Gasteiger partial charge in [0.05, 0.1) is 11.6 Å². The molecule has 3 aromatic rings. The Morgan fingerprint density at radius 3 is 2.00 bits per heavy atom. The van der Waals surface area contributed by atoms with Crippen LogP contribution in [0.1, 0.15) is 30.0 Å². The second-order valence-electron chi connectivity index (χ2n) is 7.18. The van der Waals surface area contributed by atoms with Crippen LogP contribution in [0.25, 0.3) is 0 Å². The maximum Gasteiger partial charge on any atom is 0.244 e. The van der Waals surface area contributed by atoms with Gasteiger partial charge in [0.25, 0.3) is 0 Å². The smallest absolute Gasteiger partial charge is 0.244 e. The van der Waals surface area contributed by atoms with Gasteiger partial charge in [-0.15, -0.1) is 0 Å². The van der Waals surface area contributed by atoms with Gasteiger partial charge in [0, 0.05) is 5.41 Å². The fourth-order valence-corrected chi connectivity index (χ4v) is 3.84. The minimum Gasteiger partial charge on any atom is -0.508 e. The highest BCUT2D eigenvalue weighted by Crippen LogP contribution is 2.58. The highest BCUT2D eigenvalue weighted by atomic mass is 16.3. The van der Waals surface area contributed by atoms with Crippen molar-refractivity contribution < 1.29 is 9.90 Å². The fraction of sp³-hybridized carbons (Fsp3) is 0.167. The molecule has 0 radical (unpaired) electrons. The number of carbonyl (C=O) groups excluding carboxylic acids is 1. The molecule has 1 amide bonds. The largest absolute Gasteiger partial charge is 0.508 e. The predicted molar refractivity (Wildman–Crippen MR) is 110 cm³/mol. The minimum atomic E-state index is -0.297. The van der Waals surface area contributed by atoms with E-state index < -0.39 is 0 Å². The van der Waals surface area contributed by atoms with Crippen molar-refractivity contribution in [2.75, 3.05) is 0 Å². The molecule has 1 atom stereocenters. The van der Waals surface area contributed by atoms with Gasteiger partial charge in [0.2, 0.25) is 5.91 Å². The van der Waals surface area contributed by atoms with Crippen molar-refractivity contribution in [1.82, 2.24) is 5.43 Å². The molecule has 1 saturated carbocycles. The van der Waals surface area contributed by atoms with Crippen molar-refractivity contribution >= 4 is 11.6 Å². The Bertz CT molecular complexity index is 956. The van der Waals surface area contributed by atoms with Crippen LogP contribution < -0.4 is 5.43 Å². The second-order valence-corrected chi connectivity index (χ2v) is 7.18. The number of rotatable bonds is 5. The number of hydrogen-bond donors (Lipinski definition) is 2. The zero-order chi connectivity index (χ0) is 19.6. The molecule has 28 heavy (non-hydrogen) atoms. The van der Waals surface area contributed by atoms with Crippen molar-refractivity contribution in [3.8, 4) is 5.75 Å². The van der Waals surface area contributed by atoms with Crippen LogP contribution in [0.2, 0.25) is 0 Å². The Labute approximate surface area is 164 Å². The average molecular weight is 370 g/mol. The lowest BCUT2D eigenvalue weighted by molar-refractivity contribution is -0.122. The molecule has 140 valence electrons. The molecule has 0 aliphatic heterocycles. The number of hydrazone groups is 1. The molecule has 0 spiro atoms. The van der Waals surface area contributed by atoms with E-state index in [-0.39, 0.29) is 23.0 Å². The molecule has 0 saturated heterocycles. The third kappa shape index (κ3) is 3.29. The van der Waals surface area contributed by atoms with Crippen LogP contribution >= 0.6 is 0 Å². The highest BCUT2D eigenvalue weighted by molar-refractivity contribution is 5.99. The number of nitrogens with one attached hydrogen (secondary N) is 1.